The van der Waals surface area contributed by atoms with E-state index in [9.17, 15) is 0 Å². The minimum absolute atomic E-state index is 0.465. The van der Waals surface area contributed by atoms with Crippen LogP contribution in [0.1, 0.15) is 0 Å². The number of ether oxygens (including phenoxy) is 2. The summed E-state index contributed by atoms with van der Waals surface area (Å²) in [5.74, 6) is 1.49. The number of methoxy groups -OCH3 is 1. The third-order valence-electron chi connectivity index (χ3n) is 4.44. The summed E-state index contributed by atoms with van der Waals surface area (Å²) in [7, 11) is 1.64. The molecule has 4 rings (SSSR count). The van der Waals surface area contributed by atoms with Crippen LogP contribution in [0.3, 0.4) is 0 Å². The molecule has 8 heteroatoms. The molecule has 1 aliphatic rings. The smallest absolute Gasteiger partial charge is 0.263 e. The summed E-state index contributed by atoms with van der Waals surface area (Å²) in [6.07, 6.45) is 1.49. The minimum Gasteiger partial charge on any atom is -0.497 e. The molecule has 26 heavy (non-hydrogen) atoms. The minimum atomic E-state index is 0.465. The molecule has 0 saturated carbocycles. The van der Waals surface area contributed by atoms with Gasteiger partial charge in [0.25, 0.3) is 5.71 Å². The van der Waals surface area contributed by atoms with Crippen molar-refractivity contribution in [1.29, 1.82) is 0 Å². The van der Waals surface area contributed by atoms with E-state index in [1.807, 2.05) is 24.3 Å². The maximum absolute atomic E-state index is 5.41. The highest BCUT2D eigenvalue weighted by atomic mass is 16.5. The monoisotopic (exact) mass is 355 g/mol. The molecule has 8 nitrogen and oxygen atoms in total. The highest BCUT2D eigenvalue weighted by molar-refractivity contribution is 5.97. The first-order chi connectivity index (χ1) is 12.8. The van der Waals surface area contributed by atoms with E-state index in [0.717, 1.165) is 61.9 Å². The average molecular weight is 355 g/mol. The number of nitrogens with zero attached hydrogens (tertiary/aromatic N) is 4. The van der Waals surface area contributed by atoms with Crippen molar-refractivity contribution in [3.8, 4) is 17.0 Å². The molecule has 0 unspecified atom stereocenters. The van der Waals surface area contributed by atoms with Crippen molar-refractivity contribution >= 4 is 16.9 Å². The van der Waals surface area contributed by atoms with Crippen LogP contribution in [0.25, 0.3) is 22.4 Å². The summed E-state index contributed by atoms with van der Waals surface area (Å²) < 4.78 is 16.1. The average Bonchev–Trinajstić information content (AvgIpc) is 3.14. The molecule has 136 valence electrons. The molecular weight excluding hydrogens is 334 g/mol. The Morgan fingerprint density at radius 3 is 2.96 bits per heavy atom. The number of nitrogens with one attached hydrogen (secondary N) is 1. The van der Waals surface area contributed by atoms with Crippen LogP contribution < -0.4 is 10.1 Å². The summed E-state index contributed by atoms with van der Waals surface area (Å²) in [6, 6.07) is 7.69. The van der Waals surface area contributed by atoms with E-state index in [0.29, 0.717) is 11.4 Å². The van der Waals surface area contributed by atoms with Gasteiger partial charge in [0.2, 0.25) is 0 Å². The highest BCUT2D eigenvalue weighted by Gasteiger charge is 2.17. The van der Waals surface area contributed by atoms with Crippen molar-refractivity contribution in [3.05, 3.63) is 30.6 Å². The Kier molecular flexibility index (Phi) is 4.94. The standard InChI is InChI=1S/C18H21N5O3/c1-24-14-4-2-3-13(11-14)16-15-17(20-12-21-18(15)26-22-16)19-5-6-23-7-9-25-10-8-23/h2-4,11-12H,5-10H2,1H3,(H,19,20,21). The number of morpholine rings is 1. The number of aromatic nitrogens is 3. The molecule has 2 aromatic heterocycles. The molecule has 1 aromatic carbocycles. The summed E-state index contributed by atoms with van der Waals surface area (Å²) in [5, 5.41) is 8.37. The molecule has 0 radical (unpaired) electrons. The summed E-state index contributed by atoms with van der Waals surface area (Å²) >= 11 is 0. The second-order valence-electron chi connectivity index (χ2n) is 6.05. The third-order valence-corrected chi connectivity index (χ3v) is 4.44. The molecule has 0 amide bonds. The molecule has 0 bridgehead atoms. The van der Waals surface area contributed by atoms with Gasteiger partial charge in [0.1, 0.15) is 29.0 Å². The lowest BCUT2D eigenvalue weighted by Gasteiger charge is -2.26. The zero-order chi connectivity index (χ0) is 17.8. The van der Waals surface area contributed by atoms with Crippen LogP contribution in [-0.2, 0) is 4.74 Å². The van der Waals surface area contributed by atoms with E-state index in [1.54, 1.807) is 7.11 Å². The van der Waals surface area contributed by atoms with Gasteiger partial charge in [-0.25, -0.2) is 4.98 Å². The number of hydrogen-bond donors (Lipinski definition) is 1. The Labute approximate surface area is 151 Å². The molecule has 3 aromatic rings. The molecule has 0 aliphatic carbocycles. The molecule has 3 heterocycles. The second-order valence-corrected chi connectivity index (χ2v) is 6.05. The van der Waals surface area contributed by atoms with E-state index in [2.05, 4.69) is 25.3 Å². The van der Waals surface area contributed by atoms with E-state index in [1.165, 1.54) is 6.33 Å². The van der Waals surface area contributed by atoms with E-state index in [4.69, 9.17) is 14.0 Å². The van der Waals surface area contributed by atoms with E-state index < -0.39 is 0 Å². The summed E-state index contributed by atoms with van der Waals surface area (Å²) in [5.41, 5.74) is 2.06. The van der Waals surface area contributed by atoms with Gasteiger partial charge in [-0.05, 0) is 12.1 Å². The zero-order valence-electron chi connectivity index (χ0n) is 14.6. The van der Waals surface area contributed by atoms with Crippen LogP contribution in [0.15, 0.2) is 35.1 Å². The lowest BCUT2D eigenvalue weighted by Crippen LogP contribution is -2.39. The molecule has 1 N–H and O–H groups in total. The van der Waals surface area contributed by atoms with Crippen LogP contribution in [0, 0.1) is 0 Å². The van der Waals surface area contributed by atoms with Gasteiger partial charge >= 0.3 is 0 Å². The van der Waals surface area contributed by atoms with Gasteiger partial charge < -0.3 is 19.3 Å². The van der Waals surface area contributed by atoms with Crippen molar-refractivity contribution in [2.75, 3.05) is 51.8 Å². The van der Waals surface area contributed by atoms with Crippen LogP contribution in [0.5, 0.6) is 5.75 Å². The number of anilines is 1. The van der Waals surface area contributed by atoms with Crippen molar-refractivity contribution in [2.45, 2.75) is 0 Å². The van der Waals surface area contributed by atoms with Gasteiger partial charge in [0.15, 0.2) is 0 Å². The van der Waals surface area contributed by atoms with Gasteiger partial charge in [-0.2, -0.15) is 4.98 Å². The third kappa shape index (κ3) is 3.47. The van der Waals surface area contributed by atoms with Crippen LogP contribution in [-0.4, -0.2) is 66.5 Å². The normalized spacial score (nSPS) is 15.3. The predicted octanol–water partition coefficient (Wildman–Crippen LogP) is 2.04. The van der Waals surface area contributed by atoms with Gasteiger partial charge in [-0.1, -0.05) is 17.3 Å². The van der Waals surface area contributed by atoms with Gasteiger partial charge in [-0.15, -0.1) is 0 Å². The molecular formula is C18H21N5O3. The Morgan fingerprint density at radius 2 is 2.12 bits per heavy atom. The van der Waals surface area contributed by atoms with Crippen molar-refractivity contribution in [3.63, 3.8) is 0 Å². The fourth-order valence-electron chi connectivity index (χ4n) is 3.05. The molecule has 1 aliphatic heterocycles. The Balaban J connectivity index is 1.57. The fourth-order valence-corrected chi connectivity index (χ4v) is 3.05. The molecule has 0 spiro atoms. The first-order valence-electron chi connectivity index (χ1n) is 8.64. The maximum atomic E-state index is 5.41. The maximum Gasteiger partial charge on any atom is 0.263 e. The number of hydrogen-bond acceptors (Lipinski definition) is 8. The fraction of sp³-hybridized carbons (Fsp3) is 0.389. The quantitative estimate of drug-likeness (QED) is 0.719. The first-order valence-corrected chi connectivity index (χ1v) is 8.64. The van der Waals surface area contributed by atoms with Gasteiger partial charge in [0.05, 0.1) is 20.3 Å². The first kappa shape index (κ1) is 16.7. The SMILES string of the molecule is COc1cccc(-c2noc3ncnc(NCCN4CCOCC4)c23)c1. The Bertz CT molecular complexity index is 876. The van der Waals surface area contributed by atoms with E-state index in [-0.39, 0.29) is 0 Å². The van der Waals surface area contributed by atoms with Gasteiger partial charge in [-0.3, -0.25) is 4.90 Å². The second kappa shape index (κ2) is 7.67. The highest BCUT2D eigenvalue weighted by Crippen LogP contribution is 2.32. The Hall–Kier alpha value is -2.71. The van der Waals surface area contributed by atoms with Crippen LogP contribution >= 0.6 is 0 Å². The predicted molar refractivity (Wildman–Crippen MR) is 97.3 cm³/mol. The van der Waals surface area contributed by atoms with Gasteiger partial charge in [0, 0.05) is 31.7 Å². The molecule has 0 atom stereocenters. The summed E-state index contributed by atoms with van der Waals surface area (Å²) in [6.45, 7) is 5.21. The van der Waals surface area contributed by atoms with Crippen molar-refractivity contribution < 1.29 is 14.0 Å². The molecule has 1 fully saturated rings. The number of benzene rings is 1. The zero-order valence-corrected chi connectivity index (χ0v) is 14.6. The van der Waals surface area contributed by atoms with Crippen molar-refractivity contribution in [1.82, 2.24) is 20.0 Å². The number of fused-ring (bicyclic) bond motifs is 1. The summed E-state index contributed by atoms with van der Waals surface area (Å²) in [4.78, 5) is 11.0. The van der Waals surface area contributed by atoms with E-state index >= 15 is 0 Å². The molecule has 1 saturated heterocycles. The lowest BCUT2D eigenvalue weighted by atomic mass is 10.1. The largest absolute Gasteiger partial charge is 0.497 e. The lowest BCUT2D eigenvalue weighted by molar-refractivity contribution is 0.0398. The Morgan fingerprint density at radius 1 is 1.23 bits per heavy atom. The van der Waals surface area contributed by atoms with Crippen LogP contribution in [0.4, 0.5) is 5.82 Å². The number of rotatable bonds is 6. The van der Waals surface area contributed by atoms with Crippen molar-refractivity contribution in [2.24, 2.45) is 0 Å². The van der Waals surface area contributed by atoms with Crippen LogP contribution in [0.2, 0.25) is 0 Å². The topological polar surface area (TPSA) is 85.5 Å².